The Morgan fingerprint density at radius 2 is 2.11 bits per heavy atom. The number of ether oxygens (including phenoxy) is 1. The Kier molecular flexibility index (Phi) is 6.33. The summed E-state index contributed by atoms with van der Waals surface area (Å²) in [5, 5.41) is 0.650. The maximum Gasteiger partial charge on any atom is 0.330 e. The lowest BCUT2D eigenvalue weighted by atomic mass is 10.0. The van der Waals surface area contributed by atoms with E-state index in [4.69, 9.17) is 22.1 Å². The maximum atomic E-state index is 12.9. The summed E-state index contributed by atoms with van der Waals surface area (Å²) < 4.78 is 6.10. The average Bonchev–Trinajstić information content (AvgIpc) is 3.09. The summed E-state index contributed by atoms with van der Waals surface area (Å²) in [6, 6.07) is 7.54. The van der Waals surface area contributed by atoms with Crippen molar-refractivity contribution in [2.24, 2.45) is 0 Å². The summed E-state index contributed by atoms with van der Waals surface area (Å²) in [6.45, 7) is 1.10. The van der Waals surface area contributed by atoms with Gasteiger partial charge in [-0.1, -0.05) is 29.8 Å². The van der Waals surface area contributed by atoms with Crippen LogP contribution < -0.4 is 17.0 Å². The number of nitrogen functional groups attached to an aromatic ring is 1. The Balaban J connectivity index is 1.88. The third-order valence-electron chi connectivity index (χ3n) is 5.01. The molecule has 28 heavy (non-hydrogen) atoms. The van der Waals surface area contributed by atoms with E-state index in [9.17, 15) is 14.4 Å². The lowest BCUT2D eigenvalue weighted by Crippen LogP contribution is -2.39. The lowest BCUT2D eigenvalue weighted by molar-refractivity contribution is 0.0920. The van der Waals surface area contributed by atoms with Gasteiger partial charge >= 0.3 is 5.69 Å². The molecule has 2 heterocycles. The van der Waals surface area contributed by atoms with Crippen molar-refractivity contribution in [2.75, 3.05) is 32.5 Å². The van der Waals surface area contributed by atoms with Gasteiger partial charge in [0.05, 0.1) is 19.7 Å². The van der Waals surface area contributed by atoms with Gasteiger partial charge in [0.25, 0.3) is 5.56 Å². The van der Waals surface area contributed by atoms with Gasteiger partial charge in [0.2, 0.25) is 0 Å². The highest BCUT2D eigenvalue weighted by Crippen LogP contribution is 2.35. The van der Waals surface area contributed by atoms with Crippen LogP contribution in [0, 0.1) is 0 Å². The molecule has 8 nitrogen and oxygen atoms in total. The molecule has 2 aromatic rings. The Morgan fingerprint density at radius 3 is 2.82 bits per heavy atom. The molecule has 1 aliphatic rings. The molecule has 0 saturated carbocycles. The molecule has 3 rings (SSSR count). The second-order valence-corrected chi connectivity index (χ2v) is 7.14. The van der Waals surface area contributed by atoms with Crippen LogP contribution in [0.15, 0.2) is 33.9 Å². The van der Waals surface area contributed by atoms with Crippen LogP contribution in [0.1, 0.15) is 34.8 Å². The number of benzene rings is 1. The van der Waals surface area contributed by atoms with Crippen LogP contribution in [0.4, 0.5) is 5.82 Å². The zero-order chi connectivity index (χ0) is 20.3. The van der Waals surface area contributed by atoms with Crippen LogP contribution in [-0.4, -0.2) is 47.0 Å². The number of halogens is 1. The van der Waals surface area contributed by atoms with Crippen molar-refractivity contribution in [1.82, 2.24) is 14.5 Å². The van der Waals surface area contributed by atoms with E-state index < -0.39 is 17.0 Å². The van der Waals surface area contributed by atoms with Gasteiger partial charge in [-0.2, -0.15) is 0 Å². The molecule has 1 aromatic heterocycles. The fourth-order valence-electron chi connectivity index (χ4n) is 3.64. The number of nitrogens with one attached hydrogen (secondary N) is 1. The van der Waals surface area contributed by atoms with Crippen LogP contribution in [0.25, 0.3) is 0 Å². The highest BCUT2D eigenvalue weighted by molar-refractivity contribution is 6.31. The van der Waals surface area contributed by atoms with E-state index in [1.54, 1.807) is 0 Å². The number of Topliss-reactive ketones (excluding diaryl/α,β-unsaturated/α-hetero) is 1. The number of aromatic nitrogens is 2. The molecule has 1 unspecified atom stereocenters. The van der Waals surface area contributed by atoms with Gasteiger partial charge in [-0.15, -0.1) is 0 Å². The number of ketones is 1. The molecule has 1 fully saturated rings. The zero-order valence-electron chi connectivity index (χ0n) is 15.6. The number of H-pyrrole nitrogens is 1. The number of nitrogens with zero attached hydrogens (tertiary/aromatic N) is 2. The summed E-state index contributed by atoms with van der Waals surface area (Å²) in [5.41, 5.74) is 5.33. The Bertz CT molecular complexity index is 985. The van der Waals surface area contributed by atoms with E-state index in [1.165, 1.54) is 7.11 Å². The number of rotatable bonds is 7. The Hall–Kier alpha value is -2.42. The number of methoxy groups -OCH3 is 1. The van der Waals surface area contributed by atoms with E-state index in [-0.39, 0.29) is 37.1 Å². The van der Waals surface area contributed by atoms with E-state index in [1.807, 2.05) is 29.2 Å². The standard InChI is InChI=1S/C19H23ClN4O4/c1-28-10-9-24-17(21)16(18(26)22-19(24)27)15(25)11-23-8-4-7-14(23)12-5-2-3-6-13(12)20/h2-3,5-6,14H,4,7-11,21H2,1H3,(H,22,26,27). The third kappa shape index (κ3) is 4.04. The van der Waals surface area contributed by atoms with Crippen molar-refractivity contribution in [1.29, 1.82) is 0 Å². The van der Waals surface area contributed by atoms with Crippen molar-refractivity contribution in [2.45, 2.75) is 25.4 Å². The number of carbonyl (C=O) groups is 1. The quantitative estimate of drug-likeness (QED) is 0.673. The summed E-state index contributed by atoms with van der Waals surface area (Å²) in [4.78, 5) is 41.3. The second kappa shape index (κ2) is 8.72. The fourth-order valence-corrected chi connectivity index (χ4v) is 3.90. The van der Waals surface area contributed by atoms with Crippen LogP contribution in [0.3, 0.4) is 0 Å². The van der Waals surface area contributed by atoms with Crippen LogP contribution in [0.2, 0.25) is 5.02 Å². The van der Waals surface area contributed by atoms with Crippen molar-refractivity contribution >= 4 is 23.2 Å². The van der Waals surface area contributed by atoms with Crippen LogP contribution in [0.5, 0.6) is 0 Å². The Morgan fingerprint density at radius 1 is 1.36 bits per heavy atom. The van der Waals surface area contributed by atoms with E-state index in [2.05, 4.69) is 4.98 Å². The van der Waals surface area contributed by atoms with Crippen molar-refractivity contribution in [3.8, 4) is 0 Å². The van der Waals surface area contributed by atoms with Crippen molar-refractivity contribution in [3.05, 3.63) is 61.3 Å². The molecule has 9 heteroatoms. The summed E-state index contributed by atoms with van der Waals surface area (Å²) in [6.07, 6.45) is 1.79. The molecule has 0 bridgehead atoms. The van der Waals surface area contributed by atoms with Gasteiger partial charge in [0.15, 0.2) is 5.78 Å². The van der Waals surface area contributed by atoms with E-state index >= 15 is 0 Å². The first-order chi connectivity index (χ1) is 13.4. The molecule has 0 spiro atoms. The van der Waals surface area contributed by atoms with Gasteiger partial charge < -0.3 is 10.5 Å². The van der Waals surface area contributed by atoms with Crippen LogP contribution >= 0.6 is 11.6 Å². The summed E-state index contributed by atoms with van der Waals surface area (Å²) in [5.74, 6) is -0.562. The highest BCUT2D eigenvalue weighted by atomic mass is 35.5. The molecule has 150 valence electrons. The third-order valence-corrected chi connectivity index (χ3v) is 5.36. The SMILES string of the molecule is COCCn1c(N)c(C(=O)CN2CCCC2c2ccccc2Cl)c(=O)[nH]c1=O. The van der Waals surface area contributed by atoms with Gasteiger partial charge in [0, 0.05) is 18.2 Å². The van der Waals surface area contributed by atoms with Crippen LogP contribution in [-0.2, 0) is 11.3 Å². The van der Waals surface area contributed by atoms with E-state index in [0.717, 1.165) is 23.0 Å². The molecule has 0 aliphatic carbocycles. The van der Waals surface area contributed by atoms with Gasteiger partial charge in [-0.05, 0) is 31.0 Å². The minimum absolute atomic E-state index is 0.00245. The molecule has 0 radical (unpaired) electrons. The second-order valence-electron chi connectivity index (χ2n) is 6.74. The maximum absolute atomic E-state index is 12.9. The molecule has 0 amide bonds. The highest BCUT2D eigenvalue weighted by Gasteiger charge is 2.30. The number of hydrogen-bond donors (Lipinski definition) is 2. The molecule has 1 atom stereocenters. The lowest BCUT2D eigenvalue weighted by Gasteiger charge is -2.25. The predicted molar refractivity (Wildman–Crippen MR) is 107 cm³/mol. The van der Waals surface area contributed by atoms with Gasteiger partial charge in [-0.3, -0.25) is 24.0 Å². The molecular formula is C19H23ClN4O4. The van der Waals surface area contributed by atoms with Gasteiger partial charge in [0.1, 0.15) is 11.4 Å². The number of carbonyl (C=O) groups excluding carboxylic acids is 1. The number of hydrogen-bond acceptors (Lipinski definition) is 6. The number of likely N-dealkylation sites (tertiary alicyclic amines) is 1. The topological polar surface area (TPSA) is 110 Å². The molecule has 1 saturated heterocycles. The van der Waals surface area contributed by atoms with E-state index in [0.29, 0.717) is 11.6 Å². The normalized spacial score (nSPS) is 17.1. The first-order valence-corrected chi connectivity index (χ1v) is 9.45. The molecule has 3 N–H and O–H groups in total. The first-order valence-electron chi connectivity index (χ1n) is 9.07. The predicted octanol–water partition coefficient (Wildman–Crippen LogP) is 1.44. The molecular weight excluding hydrogens is 384 g/mol. The average molecular weight is 407 g/mol. The molecule has 1 aliphatic heterocycles. The smallest absolute Gasteiger partial charge is 0.330 e. The van der Waals surface area contributed by atoms with Crippen molar-refractivity contribution in [3.63, 3.8) is 0 Å². The zero-order valence-corrected chi connectivity index (χ0v) is 16.4. The minimum atomic E-state index is -0.769. The largest absolute Gasteiger partial charge is 0.384 e. The number of anilines is 1. The van der Waals surface area contributed by atoms with Gasteiger partial charge in [-0.25, -0.2) is 4.79 Å². The number of aromatic amines is 1. The minimum Gasteiger partial charge on any atom is -0.384 e. The Labute approximate surface area is 166 Å². The van der Waals surface area contributed by atoms with Crippen molar-refractivity contribution < 1.29 is 9.53 Å². The summed E-state index contributed by atoms with van der Waals surface area (Å²) >= 11 is 6.32. The first kappa shape index (κ1) is 20.3. The fraction of sp³-hybridized carbons (Fsp3) is 0.421. The number of nitrogens with two attached hydrogens (primary N) is 1. The monoisotopic (exact) mass is 406 g/mol. The summed E-state index contributed by atoms with van der Waals surface area (Å²) in [7, 11) is 1.49. The molecule has 1 aromatic carbocycles.